The highest BCUT2D eigenvalue weighted by atomic mass is 16.3. The Kier molecular flexibility index (Phi) is 2.27. The molecule has 0 aromatic heterocycles. The molecule has 2 unspecified atom stereocenters. The second-order valence-electron chi connectivity index (χ2n) is 2.66. The van der Waals surface area contributed by atoms with E-state index in [4.69, 9.17) is 0 Å². The average molecular weight is 143 g/mol. The van der Waals surface area contributed by atoms with Crippen LogP contribution in [0.5, 0.6) is 0 Å². The van der Waals surface area contributed by atoms with Crippen LogP contribution in [0.3, 0.4) is 0 Å². The van der Waals surface area contributed by atoms with Gasteiger partial charge in [0.1, 0.15) is 0 Å². The standard InChI is InChI=1S/C7H13NO2/c1-2-6(9)5-3-4-8-7(5)10/h5-6,9H,2-4H2,1H3,(H,8,10). The molecule has 10 heavy (non-hydrogen) atoms. The van der Waals surface area contributed by atoms with E-state index in [1.165, 1.54) is 0 Å². The molecule has 0 bridgehead atoms. The number of hydrogen-bond acceptors (Lipinski definition) is 2. The van der Waals surface area contributed by atoms with Gasteiger partial charge in [-0.05, 0) is 12.8 Å². The molecule has 1 aliphatic rings. The van der Waals surface area contributed by atoms with Crippen molar-refractivity contribution in [3.8, 4) is 0 Å². The third kappa shape index (κ3) is 1.29. The number of carbonyl (C=O) groups is 1. The molecule has 0 saturated carbocycles. The molecule has 0 radical (unpaired) electrons. The zero-order chi connectivity index (χ0) is 7.56. The summed E-state index contributed by atoms with van der Waals surface area (Å²) >= 11 is 0. The predicted octanol–water partition coefficient (Wildman–Crippen LogP) is -0.107. The molecule has 1 fully saturated rings. The van der Waals surface area contributed by atoms with Crippen molar-refractivity contribution in [2.75, 3.05) is 6.54 Å². The number of aliphatic hydroxyl groups is 1. The first-order chi connectivity index (χ1) is 4.75. The molecule has 2 N–H and O–H groups in total. The molecule has 0 aliphatic carbocycles. The number of amides is 1. The van der Waals surface area contributed by atoms with Gasteiger partial charge in [-0.1, -0.05) is 6.92 Å². The van der Waals surface area contributed by atoms with Gasteiger partial charge in [0.05, 0.1) is 12.0 Å². The average Bonchev–Trinajstić information content (AvgIpc) is 2.34. The minimum Gasteiger partial charge on any atom is -0.392 e. The summed E-state index contributed by atoms with van der Waals surface area (Å²) in [5.74, 6) is -0.139. The first kappa shape index (κ1) is 7.54. The number of carbonyl (C=O) groups excluding carboxylic acids is 1. The maximum Gasteiger partial charge on any atom is 0.225 e. The van der Waals surface area contributed by atoms with Crippen LogP contribution in [0.4, 0.5) is 0 Å². The van der Waals surface area contributed by atoms with E-state index < -0.39 is 6.10 Å². The first-order valence-electron chi connectivity index (χ1n) is 3.71. The van der Waals surface area contributed by atoms with Gasteiger partial charge in [-0.3, -0.25) is 4.79 Å². The Labute approximate surface area is 60.4 Å². The summed E-state index contributed by atoms with van der Waals surface area (Å²) < 4.78 is 0. The van der Waals surface area contributed by atoms with E-state index in [0.29, 0.717) is 6.42 Å². The van der Waals surface area contributed by atoms with Crippen molar-refractivity contribution >= 4 is 5.91 Å². The van der Waals surface area contributed by atoms with Crippen LogP contribution in [-0.4, -0.2) is 23.7 Å². The molecule has 0 spiro atoms. The number of aliphatic hydroxyl groups excluding tert-OH is 1. The van der Waals surface area contributed by atoms with Crippen molar-refractivity contribution in [2.24, 2.45) is 5.92 Å². The molecule has 1 aliphatic heterocycles. The number of nitrogens with one attached hydrogen (secondary N) is 1. The molecular formula is C7H13NO2. The molecule has 1 heterocycles. The summed E-state index contributed by atoms with van der Waals surface area (Å²) in [7, 11) is 0. The Balaban J connectivity index is 2.46. The summed E-state index contributed by atoms with van der Waals surface area (Å²) in [6.45, 7) is 2.61. The quantitative estimate of drug-likeness (QED) is 0.566. The largest absolute Gasteiger partial charge is 0.392 e. The summed E-state index contributed by atoms with van der Waals surface area (Å²) in [5, 5.41) is 12.0. The second kappa shape index (κ2) is 3.01. The van der Waals surface area contributed by atoms with Crippen LogP contribution < -0.4 is 5.32 Å². The fourth-order valence-electron chi connectivity index (χ4n) is 1.26. The van der Waals surface area contributed by atoms with Gasteiger partial charge in [-0.25, -0.2) is 0 Å². The number of hydrogen-bond donors (Lipinski definition) is 2. The lowest BCUT2D eigenvalue weighted by atomic mass is 9.99. The lowest BCUT2D eigenvalue weighted by molar-refractivity contribution is -0.125. The van der Waals surface area contributed by atoms with Crippen LogP contribution in [0.1, 0.15) is 19.8 Å². The van der Waals surface area contributed by atoms with Crippen molar-refractivity contribution in [3.05, 3.63) is 0 Å². The molecule has 2 atom stereocenters. The summed E-state index contributed by atoms with van der Waals surface area (Å²) in [4.78, 5) is 10.9. The van der Waals surface area contributed by atoms with Crippen LogP contribution in [0.2, 0.25) is 0 Å². The lowest BCUT2D eigenvalue weighted by Gasteiger charge is -2.11. The maximum atomic E-state index is 10.9. The Hall–Kier alpha value is -0.570. The third-order valence-electron chi connectivity index (χ3n) is 1.97. The van der Waals surface area contributed by atoms with E-state index >= 15 is 0 Å². The van der Waals surface area contributed by atoms with Crippen LogP contribution in [0.15, 0.2) is 0 Å². The van der Waals surface area contributed by atoms with E-state index in [1.54, 1.807) is 0 Å². The van der Waals surface area contributed by atoms with Crippen molar-refractivity contribution in [2.45, 2.75) is 25.9 Å². The SMILES string of the molecule is CCC(O)C1CCNC1=O. The van der Waals surface area contributed by atoms with Crippen LogP contribution in [0, 0.1) is 5.92 Å². The maximum absolute atomic E-state index is 10.9. The van der Waals surface area contributed by atoms with E-state index in [1.807, 2.05) is 6.92 Å². The van der Waals surface area contributed by atoms with Crippen LogP contribution >= 0.6 is 0 Å². The Morgan fingerprint density at radius 3 is 3.00 bits per heavy atom. The van der Waals surface area contributed by atoms with E-state index in [2.05, 4.69) is 5.32 Å². The highest BCUT2D eigenvalue weighted by Gasteiger charge is 2.29. The van der Waals surface area contributed by atoms with Gasteiger partial charge < -0.3 is 10.4 Å². The Morgan fingerprint density at radius 2 is 2.60 bits per heavy atom. The van der Waals surface area contributed by atoms with E-state index in [0.717, 1.165) is 13.0 Å². The highest BCUT2D eigenvalue weighted by molar-refractivity contribution is 5.81. The topological polar surface area (TPSA) is 49.3 Å². The smallest absolute Gasteiger partial charge is 0.225 e. The molecule has 0 aromatic rings. The number of rotatable bonds is 2. The van der Waals surface area contributed by atoms with Crippen molar-refractivity contribution in [1.82, 2.24) is 5.32 Å². The normalized spacial score (nSPS) is 28.2. The summed E-state index contributed by atoms with van der Waals surface area (Å²) in [6, 6.07) is 0. The summed E-state index contributed by atoms with van der Waals surface area (Å²) in [6.07, 6.45) is 1.01. The van der Waals surface area contributed by atoms with Gasteiger partial charge in [0.25, 0.3) is 0 Å². The van der Waals surface area contributed by atoms with Gasteiger partial charge in [-0.15, -0.1) is 0 Å². The van der Waals surface area contributed by atoms with Crippen molar-refractivity contribution in [3.63, 3.8) is 0 Å². The second-order valence-corrected chi connectivity index (χ2v) is 2.66. The minimum atomic E-state index is -0.442. The Morgan fingerprint density at radius 1 is 1.90 bits per heavy atom. The lowest BCUT2D eigenvalue weighted by Crippen LogP contribution is -2.27. The van der Waals surface area contributed by atoms with Gasteiger partial charge in [0, 0.05) is 6.54 Å². The zero-order valence-electron chi connectivity index (χ0n) is 6.13. The fraction of sp³-hybridized carbons (Fsp3) is 0.857. The summed E-state index contributed by atoms with van der Waals surface area (Å²) in [5.41, 5.74) is 0. The van der Waals surface area contributed by atoms with Crippen molar-refractivity contribution in [1.29, 1.82) is 0 Å². The molecule has 1 saturated heterocycles. The molecule has 0 aromatic carbocycles. The molecule has 1 rings (SSSR count). The van der Waals surface area contributed by atoms with Crippen LogP contribution in [0.25, 0.3) is 0 Å². The van der Waals surface area contributed by atoms with Gasteiger partial charge in [-0.2, -0.15) is 0 Å². The monoisotopic (exact) mass is 143 g/mol. The predicted molar refractivity (Wildman–Crippen MR) is 37.4 cm³/mol. The molecule has 1 amide bonds. The zero-order valence-corrected chi connectivity index (χ0v) is 6.13. The highest BCUT2D eigenvalue weighted by Crippen LogP contribution is 2.15. The van der Waals surface area contributed by atoms with Gasteiger partial charge in [0.15, 0.2) is 0 Å². The van der Waals surface area contributed by atoms with E-state index in [-0.39, 0.29) is 11.8 Å². The Bertz CT molecular complexity index is 136. The van der Waals surface area contributed by atoms with E-state index in [9.17, 15) is 9.90 Å². The fourth-order valence-corrected chi connectivity index (χ4v) is 1.26. The molecule has 58 valence electrons. The van der Waals surface area contributed by atoms with Gasteiger partial charge in [0.2, 0.25) is 5.91 Å². The van der Waals surface area contributed by atoms with Crippen molar-refractivity contribution < 1.29 is 9.90 Å². The molecule has 3 heteroatoms. The van der Waals surface area contributed by atoms with Crippen LogP contribution in [-0.2, 0) is 4.79 Å². The minimum absolute atomic E-state index is 0.00866. The van der Waals surface area contributed by atoms with Gasteiger partial charge >= 0.3 is 0 Å². The first-order valence-corrected chi connectivity index (χ1v) is 3.71. The molecule has 3 nitrogen and oxygen atoms in total. The molecular weight excluding hydrogens is 130 g/mol. The third-order valence-corrected chi connectivity index (χ3v) is 1.97.